The summed E-state index contributed by atoms with van der Waals surface area (Å²) in [5.41, 5.74) is -0.669. The van der Waals surface area contributed by atoms with Crippen LogP contribution in [-0.2, 0) is 0 Å². The quantitative estimate of drug-likeness (QED) is 0.776. The zero-order valence-electron chi connectivity index (χ0n) is 7.79. The average Bonchev–Trinajstić information content (AvgIpc) is 2.17. The second-order valence-electron chi connectivity index (χ2n) is 3.59. The van der Waals surface area contributed by atoms with Crippen LogP contribution in [0.4, 0.5) is 0 Å². The smallest absolute Gasteiger partial charge is 0.163 e. The number of halogens is 1. The maximum Gasteiger partial charge on any atom is 0.163 e. The topological polar surface area (TPSA) is 38.7 Å². The van der Waals surface area contributed by atoms with Crippen molar-refractivity contribution >= 4 is 11.6 Å². The normalized spacial score (nSPS) is 24.8. The molecule has 1 aromatic rings. The van der Waals surface area contributed by atoms with Crippen LogP contribution in [0.2, 0.25) is 5.02 Å². The van der Waals surface area contributed by atoms with Crippen molar-refractivity contribution in [1.82, 2.24) is 0 Å². The Labute approximate surface area is 87.2 Å². The van der Waals surface area contributed by atoms with Gasteiger partial charge in [-0.15, -0.1) is 0 Å². The molecule has 1 atom stereocenters. The van der Waals surface area contributed by atoms with E-state index in [1.54, 1.807) is 25.1 Å². The minimum atomic E-state index is -0.669. The van der Waals surface area contributed by atoms with Crippen LogP contribution in [0.3, 0.4) is 0 Å². The molecule has 1 unspecified atom stereocenters. The van der Waals surface area contributed by atoms with Crippen molar-refractivity contribution in [3.05, 3.63) is 23.2 Å². The number of fused-ring (bicyclic) bond motifs is 1. The van der Waals surface area contributed by atoms with Crippen LogP contribution in [0.15, 0.2) is 18.2 Å². The van der Waals surface area contributed by atoms with Gasteiger partial charge in [0.25, 0.3) is 0 Å². The van der Waals surface area contributed by atoms with Crippen molar-refractivity contribution in [1.29, 1.82) is 0 Å². The van der Waals surface area contributed by atoms with E-state index in [9.17, 15) is 0 Å². The highest BCUT2D eigenvalue weighted by molar-refractivity contribution is 6.30. The lowest BCUT2D eigenvalue weighted by atomic mass is 10.1. The van der Waals surface area contributed by atoms with Gasteiger partial charge >= 0.3 is 0 Å². The highest BCUT2D eigenvalue weighted by atomic mass is 35.5. The van der Waals surface area contributed by atoms with E-state index in [0.717, 1.165) is 0 Å². The maximum atomic E-state index is 9.11. The molecule has 1 aromatic carbocycles. The van der Waals surface area contributed by atoms with E-state index in [0.29, 0.717) is 23.1 Å². The minimum Gasteiger partial charge on any atom is -0.485 e. The van der Waals surface area contributed by atoms with E-state index in [-0.39, 0.29) is 6.61 Å². The van der Waals surface area contributed by atoms with E-state index < -0.39 is 5.60 Å². The van der Waals surface area contributed by atoms with Crippen LogP contribution in [0.25, 0.3) is 0 Å². The Bertz CT molecular complexity index is 353. The Hall–Kier alpha value is -0.930. The molecule has 1 aliphatic heterocycles. The van der Waals surface area contributed by atoms with Gasteiger partial charge < -0.3 is 14.6 Å². The highest BCUT2D eigenvalue weighted by Gasteiger charge is 2.32. The SMILES string of the molecule is CC1(CO)COc2ccc(Cl)cc2O1. The molecule has 0 radical (unpaired) electrons. The number of ether oxygens (including phenoxy) is 2. The predicted octanol–water partition coefficient (Wildman–Crippen LogP) is 1.86. The van der Waals surface area contributed by atoms with Crippen LogP contribution in [0, 0.1) is 0 Å². The lowest BCUT2D eigenvalue weighted by molar-refractivity contribution is -0.0336. The van der Waals surface area contributed by atoms with Crippen LogP contribution >= 0.6 is 11.6 Å². The monoisotopic (exact) mass is 214 g/mol. The summed E-state index contributed by atoms with van der Waals surface area (Å²) in [7, 11) is 0. The van der Waals surface area contributed by atoms with E-state index in [1.165, 1.54) is 0 Å². The first kappa shape index (κ1) is 9.62. The van der Waals surface area contributed by atoms with Crippen molar-refractivity contribution < 1.29 is 14.6 Å². The average molecular weight is 215 g/mol. The molecule has 1 heterocycles. The number of hydrogen-bond acceptors (Lipinski definition) is 3. The summed E-state index contributed by atoms with van der Waals surface area (Å²) >= 11 is 5.81. The standard InChI is InChI=1S/C10H11ClO3/c1-10(5-12)6-13-8-3-2-7(11)4-9(8)14-10/h2-4,12H,5-6H2,1H3. The van der Waals surface area contributed by atoms with Crippen LogP contribution in [-0.4, -0.2) is 23.9 Å². The first-order valence-corrected chi connectivity index (χ1v) is 4.73. The molecular weight excluding hydrogens is 204 g/mol. The lowest BCUT2D eigenvalue weighted by Gasteiger charge is -2.33. The molecule has 0 bridgehead atoms. The Kier molecular flexibility index (Phi) is 2.29. The van der Waals surface area contributed by atoms with E-state index in [1.807, 2.05) is 0 Å². The number of benzene rings is 1. The first-order valence-electron chi connectivity index (χ1n) is 4.35. The van der Waals surface area contributed by atoms with Crippen LogP contribution < -0.4 is 9.47 Å². The summed E-state index contributed by atoms with van der Waals surface area (Å²) < 4.78 is 11.0. The lowest BCUT2D eigenvalue weighted by Crippen LogP contribution is -2.45. The fourth-order valence-corrected chi connectivity index (χ4v) is 1.45. The molecule has 0 saturated carbocycles. The predicted molar refractivity (Wildman–Crippen MR) is 53.1 cm³/mol. The zero-order valence-corrected chi connectivity index (χ0v) is 8.54. The van der Waals surface area contributed by atoms with Crippen molar-refractivity contribution in [3.63, 3.8) is 0 Å². The van der Waals surface area contributed by atoms with Gasteiger partial charge in [0.2, 0.25) is 0 Å². The third-order valence-electron chi connectivity index (χ3n) is 2.13. The van der Waals surface area contributed by atoms with Crippen molar-refractivity contribution in [2.75, 3.05) is 13.2 Å². The summed E-state index contributed by atoms with van der Waals surface area (Å²) in [6.07, 6.45) is 0. The van der Waals surface area contributed by atoms with Gasteiger partial charge in [0.1, 0.15) is 6.61 Å². The van der Waals surface area contributed by atoms with Crippen molar-refractivity contribution in [3.8, 4) is 11.5 Å². The Morgan fingerprint density at radius 2 is 2.29 bits per heavy atom. The molecular formula is C10H11ClO3. The molecule has 2 rings (SSSR count). The first-order chi connectivity index (χ1) is 6.63. The molecule has 0 amide bonds. The summed E-state index contributed by atoms with van der Waals surface area (Å²) in [5.74, 6) is 1.25. The minimum absolute atomic E-state index is 0.0844. The number of aliphatic hydroxyl groups excluding tert-OH is 1. The van der Waals surface area contributed by atoms with Crippen molar-refractivity contribution in [2.45, 2.75) is 12.5 Å². The van der Waals surface area contributed by atoms with E-state index in [4.69, 9.17) is 26.2 Å². The van der Waals surface area contributed by atoms with E-state index in [2.05, 4.69) is 0 Å². The molecule has 0 aromatic heterocycles. The number of aliphatic hydroxyl groups is 1. The fraction of sp³-hybridized carbons (Fsp3) is 0.400. The Balaban J connectivity index is 2.33. The van der Waals surface area contributed by atoms with Gasteiger partial charge in [0.05, 0.1) is 6.61 Å². The largest absolute Gasteiger partial charge is 0.485 e. The van der Waals surface area contributed by atoms with Gasteiger partial charge in [-0.1, -0.05) is 11.6 Å². The molecule has 3 nitrogen and oxygen atoms in total. The summed E-state index contributed by atoms with van der Waals surface area (Å²) in [4.78, 5) is 0. The van der Waals surface area contributed by atoms with Gasteiger partial charge in [0, 0.05) is 11.1 Å². The third kappa shape index (κ3) is 1.65. The molecule has 1 N–H and O–H groups in total. The Morgan fingerprint density at radius 3 is 3.00 bits per heavy atom. The molecule has 0 aliphatic carbocycles. The summed E-state index contributed by atoms with van der Waals surface area (Å²) in [5, 5.41) is 9.70. The highest BCUT2D eigenvalue weighted by Crippen LogP contribution is 2.36. The molecule has 76 valence electrons. The molecule has 4 heteroatoms. The molecule has 0 fully saturated rings. The summed E-state index contributed by atoms with van der Waals surface area (Å²) in [6, 6.07) is 5.18. The van der Waals surface area contributed by atoms with Gasteiger partial charge in [-0.25, -0.2) is 0 Å². The van der Waals surface area contributed by atoms with Gasteiger partial charge in [-0.05, 0) is 19.1 Å². The Morgan fingerprint density at radius 1 is 1.50 bits per heavy atom. The second-order valence-corrected chi connectivity index (χ2v) is 4.03. The number of hydrogen-bond donors (Lipinski definition) is 1. The third-order valence-corrected chi connectivity index (χ3v) is 2.36. The summed E-state index contributed by atoms with van der Waals surface area (Å²) in [6.45, 7) is 2.05. The zero-order chi connectivity index (χ0) is 10.2. The molecule has 14 heavy (non-hydrogen) atoms. The van der Waals surface area contributed by atoms with Crippen LogP contribution in [0.1, 0.15) is 6.92 Å². The van der Waals surface area contributed by atoms with Gasteiger partial charge in [-0.2, -0.15) is 0 Å². The van der Waals surface area contributed by atoms with Crippen LogP contribution in [0.5, 0.6) is 11.5 Å². The molecule has 0 saturated heterocycles. The molecule has 0 spiro atoms. The fourth-order valence-electron chi connectivity index (χ4n) is 1.28. The maximum absolute atomic E-state index is 9.11. The molecule has 1 aliphatic rings. The second kappa shape index (κ2) is 3.33. The van der Waals surface area contributed by atoms with Gasteiger partial charge in [0.15, 0.2) is 17.1 Å². The van der Waals surface area contributed by atoms with E-state index >= 15 is 0 Å². The van der Waals surface area contributed by atoms with Crippen molar-refractivity contribution in [2.24, 2.45) is 0 Å². The number of rotatable bonds is 1. The van der Waals surface area contributed by atoms with Gasteiger partial charge in [-0.3, -0.25) is 0 Å².